The minimum Gasteiger partial charge on any atom is -0.508 e. The minimum atomic E-state index is -0.0895. The monoisotopic (exact) mass is 282 g/mol. The summed E-state index contributed by atoms with van der Waals surface area (Å²) in [7, 11) is 0. The number of rotatable bonds is 0. The number of phenols is 1. The fourth-order valence-electron chi connectivity index (χ4n) is 5.24. The van der Waals surface area contributed by atoms with Crippen LogP contribution in [0.1, 0.15) is 55.2 Å². The van der Waals surface area contributed by atoms with Gasteiger partial charge in [-0.15, -0.1) is 0 Å². The molecule has 0 spiro atoms. The molecule has 0 radical (unpaired) electrons. The van der Waals surface area contributed by atoms with E-state index in [1.807, 2.05) is 12.1 Å². The molecule has 0 aliphatic heterocycles. The minimum absolute atomic E-state index is 0.0895. The number of Topliss-reactive ketones (excluding diaryl/α,β-unsaturated/α-hetero) is 1. The number of benzene rings is 1. The van der Waals surface area contributed by atoms with Crippen LogP contribution in [0.3, 0.4) is 0 Å². The van der Waals surface area contributed by atoms with Crippen molar-refractivity contribution < 1.29 is 9.90 Å². The molecule has 1 aromatic rings. The van der Waals surface area contributed by atoms with Crippen LogP contribution in [0.4, 0.5) is 0 Å². The van der Waals surface area contributed by atoms with Gasteiger partial charge in [0.15, 0.2) is 0 Å². The van der Waals surface area contributed by atoms with Crippen molar-refractivity contribution in [3.8, 4) is 5.75 Å². The predicted octanol–water partition coefficient (Wildman–Crippen LogP) is 4.21. The van der Waals surface area contributed by atoms with Crippen molar-refractivity contribution in [2.24, 2.45) is 17.3 Å². The summed E-state index contributed by atoms with van der Waals surface area (Å²) in [6, 6.07) is 3.76. The number of allylic oxidation sites excluding steroid dienone is 1. The number of carbonyl (C=O) groups excluding carboxylic acids is 1. The maximum Gasteiger partial charge on any atom is 0.139 e. The van der Waals surface area contributed by atoms with E-state index in [0.717, 1.165) is 25.7 Å². The van der Waals surface area contributed by atoms with Crippen LogP contribution in [0.5, 0.6) is 5.75 Å². The smallest absolute Gasteiger partial charge is 0.139 e. The van der Waals surface area contributed by atoms with Crippen LogP contribution in [-0.2, 0) is 4.79 Å². The molecule has 0 bridgehead atoms. The molecule has 0 saturated heterocycles. The van der Waals surface area contributed by atoms with Gasteiger partial charge in [0.25, 0.3) is 0 Å². The molecular weight excluding hydrogens is 260 g/mol. The zero-order valence-electron chi connectivity index (χ0n) is 12.7. The van der Waals surface area contributed by atoms with Crippen molar-refractivity contribution in [1.29, 1.82) is 0 Å². The number of aromatic hydroxyl groups is 1. The van der Waals surface area contributed by atoms with Crippen LogP contribution in [-0.4, -0.2) is 10.9 Å². The Hall–Kier alpha value is -1.57. The molecule has 1 N–H and O–H groups in total. The van der Waals surface area contributed by atoms with E-state index in [9.17, 15) is 9.90 Å². The highest BCUT2D eigenvalue weighted by Crippen LogP contribution is 2.59. The summed E-state index contributed by atoms with van der Waals surface area (Å²) in [6.45, 7) is 4.29. The first-order valence-electron chi connectivity index (χ1n) is 8.06. The van der Waals surface area contributed by atoms with Gasteiger partial charge in [-0.2, -0.15) is 0 Å². The molecule has 0 unspecified atom stereocenters. The Morgan fingerprint density at radius 2 is 2.10 bits per heavy atom. The van der Waals surface area contributed by atoms with Gasteiger partial charge in [-0.25, -0.2) is 0 Å². The number of carbonyl (C=O) groups is 1. The van der Waals surface area contributed by atoms with Gasteiger partial charge in [0.1, 0.15) is 11.5 Å². The molecule has 3 aliphatic rings. The Labute approximate surface area is 125 Å². The van der Waals surface area contributed by atoms with E-state index in [1.165, 1.54) is 16.7 Å². The molecule has 1 aromatic carbocycles. The first kappa shape index (κ1) is 13.1. The molecule has 4 rings (SSSR count). The van der Waals surface area contributed by atoms with Crippen LogP contribution in [0.25, 0.3) is 6.08 Å². The van der Waals surface area contributed by atoms with Crippen LogP contribution in [0.2, 0.25) is 0 Å². The van der Waals surface area contributed by atoms with E-state index in [1.54, 1.807) is 0 Å². The summed E-state index contributed by atoms with van der Waals surface area (Å²) in [4.78, 5) is 12.3. The molecule has 21 heavy (non-hydrogen) atoms. The van der Waals surface area contributed by atoms with Gasteiger partial charge in [0.05, 0.1) is 0 Å². The van der Waals surface area contributed by atoms with E-state index >= 15 is 0 Å². The summed E-state index contributed by atoms with van der Waals surface area (Å²) in [5.74, 6) is 2.35. The second kappa shape index (κ2) is 4.22. The van der Waals surface area contributed by atoms with Gasteiger partial charge in [0, 0.05) is 11.8 Å². The average molecular weight is 282 g/mol. The van der Waals surface area contributed by atoms with Crippen molar-refractivity contribution in [2.75, 3.05) is 0 Å². The summed E-state index contributed by atoms with van der Waals surface area (Å²) in [5, 5.41) is 9.81. The summed E-state index contributed by atoms with van der Waals surface area (Å²) >= 11 is 0. The van der Waals surface area contributed by atoms with Crippen molar-refractivity contribution in [1.82, 2.24) is 0 Å². The highest BCUT2D eigenvalue weighted by molar-refractivity contribution is 5.87. The van der Waals surface area contributed by atoms with Crippen LogP contribution in [0, 0.1) is 24.2 Å². The van der Waals surface area contributed by atoms with E-state index in [0.29, 0.717) is 29.3 Å². The number of hydrogen-bond acceptors (Lipinski definition) is 2. The van der Waals surface area contributed by atoms with Gasteiger partial charge >= 0.3 is 0 Å². The number of ketones is 1. The highest BCUT2D eigenvalue weighted by Gasteiger charge is 2.53. The fourth-order valence-corrected chi connectivity index (χ4v) is 5.24. The van der Waals surface area contributed by atoms with Crippen molar-refractivity contribution in [3.63, 3.8) is 0 Å². The highest BCUT2D eigenvalue weighted by atomic mass is 16.3. The van der Waals surface area contributed by atoms with E-state index in [2.05, 4.69) is 26.0 Å². The van der Waals surface area contributed by atoms with Crippen molar-refractivity contribution in [2.45, 2.75) is 45.4 Å². The summed E-state index contributed by atoms with van der Waals surface area (Å²) < 4.78 is 0. The third kappa shape index (κ3) is 1.68. The third-order valence-corrected chi connectivity index (χ3v) is 6.31. The van der Waals surface area contributed by atoms with Crippen molar-refractivity contribution >= 4 is 11.9 Å². The quantitative estimate of drug-likeness (QED) is 0.774. The van der Waals surface area contributed by atoms with Gasteiger partial charge in [-0.3, -0.25) is 4.79 Å². The standard InChI is InChI=1S/C19H22O2/c1-11-9-13(20)10-12-3-4-14-15(18(11)12)7-8-19(2)16(14)5-6-17(19)21/h3-4,9-10,14-16,20H,5-8H2,1-2H3/t14-,15+,16+,19-/m0/s1. The van der Waals surface area contributed by atoms with E-state index in [-0.39, 0.29) is 5.41 Å². The molecule has 0 aromatic heterocycles. The maximum absolute atomic E-state index is 12.3. The van der Waals surface area contributed by atoms with E-state index < -0.39 is 0 Å². The Balaban J connectivity index is 1.80. The van der Waals surface area contributed by atoms with Gasteiger partial charge in [-0.05, 0) is 72.8 Å². The molecule has 110 valence electrons. The summed E-state index contributed by atoms with van der Waals surface area (Å²) in [5.41, 5.74) is 3.68. The number of phenolic OH excluding ortho intramolecular Hbond substituents is 1. The molecule has 2 saturated carbocycles. The Morgan fingerprint density at radius 1 is 1.29 bits per heavy atom. The Morgan fingerprint density at radius 3 is 2.90 bits per heavy atom. The topological polar surface area (TPSA) is 37.3 Å². The first-order valence-corrected chi connectivity index (χ1v) is 8.06. The fraction of sp³-hybridized carbons (Fsp3) is 0.526. The van der Waals surface area contributed by atoms with Crippen LogP contribution >= 0.6 is 0 Å². The number of aryl methyl sites for hydroxylation is 1. The lowest BCUT2D eigenvalue weighted by Gasteiger charge is -2.46. The second-order valence-corrected chi connectivity index (χ2v) is 7.33. The molecule has 2 fully saturated rings. The van der Waals surface area contributed by atoms with Gasteiger partial charge in [-0.1, -0.05) is 19.1 Å². The third-order valence-electron chi connectivity index (χ3n) is 6.31. The lowest BCUT2D eigenvalue weighted by atomic mass is 9.57. The van der Waals surface area contributed by atoms with Crippen LogP contribution in [0.15, 0.2) is 18.2 Å². The maximum atomic E-state index is 12.3. The zero-order chi connectivity index (χ0) is 14.8. The number of fused-ring (bicyclic) bond motifs is 5. The predicted molar refractivity (Wildman–Crippen MR) is 83.2 cm³/mol. The Bertz CT molecular complexity index is 658. The molecule has 0 heterocycles. The summed E-state index contributed by atoms with van der Waals surface area (Å²) in [6.07, 6.45) is 8.40. The molecular formula is C19H22O2. The number of hydrogen-bond donors (Lipinski definition) is 1. The molecule has 2 heteroatoms. The molecule has 3 aliphatic carbocycles. The van der Waals surface area contributed by atoms with E-state index in [4.69, 9.17) is 0 Å². The lowest BCUT2D eigenvalue weighted by molar-refractivity contribution is -0.128. The second-order valence-electron chi connectivity index (χ2n) is 7.33. The first-order chi connectivity index (χ1) is 10.0. The SMILES string of the molecule is Cc1cc(O)cc2c1[C@@H]1CC[C@]3(C)C(=O)CC[C@@H]3[C@H]1C=C2. The van der Waals surface area contributed by atoms with Crippen molar-refractivity contribution in [3.05, 3.63) is 34.9 Å². The Kier molecular flexibility index (Phi) is 2.64. The average Bonchev–Trinajstić information content (AvgIpc) is 2.74. The lowest BCUT2D eigenvalue weighted by Crippen LogP contribution is -2.41. The molecule has 4 atom stereocenters. The molecule has 0 amide bonds. The normalized spacial score (nSPS) is 37.0. The van der Waals surface area contributed by atoms with Gasteiger partial charge in [0.2, 0.25) is 0 Å². The zero-order valence-corrected chi connectivity index (χ0v) is 12.7. The molecule has 2 nitrogen and oxygen atoms in total. The largest absolute Gasteiger partial charge is 0.508 e. The van der Waals surface area contributed by atoms with Crippen LogP contribution < -0.4 is 0 Å². The van der Waals surface area contributed by atoms with Gasteiger partial charge < -0.3 is 5.11 Å².